The summed E-state index contributed by atoms with van der Waals surface area (Å²) in [5, 5.41) is 5.38. The number of allylic oxidation sites excluding steroid dienone is 1. The summed E-state index contributed by atoms with van der Waals surface area (Å²) in [7, 11) is 0. The van der Waals surface area contributed by atoms with Crippen molar-refractivity contribution < 1.29 is 9.59 Å². The molecule has 0 radical (unpaired) electrons. The number of carbonyl (C=O) groups is 2. The summed E-state index contributed by atoms with van der Waals surface area (Å²) in [6.45, 7) is 4.20. The average molecular weight is 232 g/mol. The van der Waals surface area contributed by atoms with Gasteiger partial charge in [0.1, 0.15) is 0 Å². The maximum atomic E-state index is 11.6. The predicted molar refractivity (Wildman–Crippen MR) is 67.9 cm³/mol. The number of amides is 2. The molecule has 0 aliphatic carbocycles. The zero-order valence-electron chi connectivity index (χ0n) is 9.99. The van der Waals surface area contributed by atoms with Crippen LogP contribution in [0.15, 0.2) is 36.4 Å². The van der Waals surface area contributed by atoms with Crippen LogP contribution in [0, 0.1) is 0 Å². The summed E-state index contributed by atoms with van der Waals surface area (Å²) in [5.41, 5.74) is 1.14. The highest BCUT2D eigenvalue weighted by Gasteiger charge is 2.05. The molecule has 0 atom stereocenters. The lowest BCUT2D eigenvalue weighted by molar-refractivity contribution is -0.111. The fourth-order valence-electron chi connectivity index (χ4n) is 1.34. The van der Waals surface area contributed by atoms with Crippen LogP contribution in [0.2, 0.25) is 0 Å². The molecule has 0 aliphatic rings. The van der Waals surface area contributed by atoms with E-state index >= 15 is 0 Å². The number of nitrogens with one attached hydrogen (secondary N) is 2. The molecule has 1 aromatic rings. The van der Waals surface area contributed by atoms with Crippen LogP contribution >= 0.6 is 0 Å². The van der Waals surface area contributed by atoms with E-state index in [1.807, 2.05) is 6.92 Å². The number of hydrogen-bond acceptors (Lipinski definition) is 2. The quantitative estimate of drug-likeness (QED) is 0.779. The highest BCUT2D eigenvalue weighted by molar-refractivity contribution is 6.01. The van der Waals surface area contributed by atoms with Crippen molar-refractivity contribution in [2.45, 2.75) is 13.8 Å². The second-order valence-corrected chi connectivity index (χ2v) is 3.43. The SMILES string of the molecule is CC=CC(=O)Nc1cccc(C(=O)NCC)c1. The van der Waals surface area contributed by atoms with Gasteiger partial charge in [-0.05, 0) is 38.1 Å². The average Bonchev–Trinajstić information content (AvgIpc) is 2.30. The molecular formula is C13H16N2O2. The topological polar surface area (TPSA) is 58.2 Å². The van der Waals surface area contributed by atoms with Gasteiger partial charge in [0, 0.05) is 17.8 Å². The van der Waals surface area contributed by atoms with Crippen LogP contribution in [0.3, 0.4) is 0 Å². The third-order valence-corrected chi connectivity index (χ3v) is 2.05. The molecule has 0 fully saturated rings. The Balaban J connectivity index is 2.79. The Morgan fingerprint density at radius 2 is 2.12 bits per heavy atom. The Bertz CT molecular complexity index is 439. The number of carbonyl (C=O) groups excluding carboxylic acids is 2. The lowest BCUT2D eigenvalue weighted by Crippen LogP contribution is -2.22. The minimum atomic E-state index is -0.208. The van der Waals surface area contributed by atoms with Gasteiger partial charge < -0.3 is 10.6 Å². The first-order valence-electron chi connectivity index (χ1n) is 5.49. The van der Waals surface area contributed by atoms with Crippen LogP contribution in [0.4, 0.5) is 5.69 Å². The van der Waals surface area contributed by atoms with Gasteiger partial charge in [0.15, 0.2) is 0 Å². The molecule has 4 nitrogen and oxygen atoms in total. The lowest BCUT2D eigenvalue weighted by atomic mass is 10.2. The zero-order chi connectivity index (χ0) is 12.7. The number of hydrogen-bond donors (Lipinski definition) is 2. The van der Waals surface area contributed by atoms with Gasteiger partial charge in [-0.3, -0.25) is 9.59 Å². The van der Waals surface area contributed by atoms with Crippen molar-refractivity contribution in [3.63, 3.8) is 0 Å². The molecule has 0 unspecified atom stereocenters. The molecule has 0 bridgehead atoms. The Kier molecular flexibility index (Phi) is 4.94. The molecule has 0 saturated heterocycles. The summed E-state index contributed by atoms with van der Waals surface area (Å²) < 4.78 is 0. The summed E-state index contributed by atoms with van der Waals surface area (Å²) in [4.78, 5) is 22.9. The molecule has 0 aromatic heterocycles. The van der Waals surface area contributed by atoms with E-state index in [9.17, 15) is 9.59 Å². The molecular weight excluding hydrogens is 216 g/mol. The fourth-order valence-corrected chi connectivity index (χ4v) is 1.34. The molecule has 90 valence electrons. The van der Waals surface area contributed by atoms with Gasteiger partial charge in [0.05, 0.1) is 0 Å². The highest BCUT2D eigenvalue weighted by atomic mass is 16.2. The minimum absolute atomic E-state index is 0.144. The molecule has 4 heteroatoms. The normalized spacial score (nSPS) is 10.2. The van der Waals surface area contributed by atoms with Crippen LogP contribution in [0.5, 0.6) is 0 Å². The Morgan fingerprint density at radius 3 is 2.76 bits per heavy atom. The molecule has 2 N–H and O–H groups in total. The van der Waals surface area contributed by atoms with Crippen LogP contribution in [0.1, 0.15) is 24.2 Å². The van der Waals surface area contributed by atoms with Gasteiger partial charge in [-0.15, -0.1) is 0 Å². The number of anilines is 1. The fraction of sp³-hybridized carbons (Fsp3) is 0.231. The Morgan fingerprint density at radius 1 is 1.35 bits per heavy atom. The van der Waals surface area contributed by atoms with Crippen molar-refractivity contribution in [3.05, 3.63) is 42.0 Å². The largest absolute Gasteiger partial charge is 0.352 e. The molecule has 0 spiro atoms. The Hall–Kier alpha value is -2.10. The summed E-state index contributed by atoms with van der Waals surface area (Å²) in [6.07, 6.45) is 3.09. The molecule has 1 rings (SSSR count). The van der Waals surface area contributed by atoms with Crippen LogP contribution < -0.4 is 10.6 Å². The predicted octanol–water partition coefficient (Wildman–Crippen LogP) is 1.95. The molecule has 0 saturated carbocycles. The van der Waals surface area contributed by atoms with Gasteiger partial charge in [-0.2, -0.15) is 0 Å². The Labute approximate surface area is 101 Å². The van der Waals surface area contributed by atoms with Crippen molar-refractivity contribution in [3.8, 4) is 0 Å². The van der Waals surface area contributed by atoms with Gasteiger partial charge in [0.25, 0.3) is 5.91 Å². The number of benzene rings is 1. The number of rotatable bonds is 4. The van der Waals surface area contributed by atoms with Crippen molar-refractivity contribution in [2.24, 2.45) is 0 Å². The summed E-state index contributed by atoms with van der Waals surface area (Å²) in [6, 6.07) is 6.82. The van der Waals surface area contributed by atoms with Gasteiger partial charge in [-0.1, -0.05) is 12.1 Å². The maximum Gasteiger partial charge on any atom is 0.251 e. The van der Waals surface area contributed by atoms with Crippen molar-refractivity contribution in [1.82, 2.24) is 5.32 Å². The first kappa shape index (κ1) is 13.0. The highest BCUT2D eigenvalue weighted by Crippen LogP contribution is 2.10. The van der Waals surface area contributed by atoms with E-state index in [0.717, 1.165) is 0 Å². The molecule has 17 heavy (non-hydrogen) atoms. The smallest absolute Gasteiger partial charge is 0.251 e. The zero-order valence-corrected chi connectivity index (χ0v) is 9.99. The van der Waals surface area contributed by atoms with E-state index in [0.29, 0.717) is 17.8 Å². The van der Waals surface area contributed by atoms with E-state index < -0.39 is 0 Å². The minimum Gasteiger partial charge on any atom is -0.352 e. The lowest BCUT2D eigenvalue weighted by Gasteiger charge is -2.05. The third kappa shape index (κ3) is 4.10. The monoisotopic (exact) mass is 232 g/mol. The van der Waals surface area contributed by atoms with E-state index in [-0.39, 0.29) is 11.8 Å². The first-order valence-corrected chi connectivity index (χ1v) is 5.49. The first-order chi connectivity index (χ1) is 8.17. The van der Waals surface area contributed by atoms with Crippen molar-refractivity contribution >= 4 is 17.5 Å². The van der Waals surface area contributed by atoms with Crippen LogP contribution in [-0.4, -0.2) is 18.4 Å². The molecule has 0 heterocycles. The van der Waals surface area contributed by atoms with Gasteiger partial charge >= 0.3 is 0 Å². The van der Waals surface area contributed by atoms with E-state index in [2.05, 4.69) is 10.6 Å². The molecule has 1 aromatic carbocycles. The van der Waals surface area contributed by atoms with Gasteiger partial charge in [0.2, 0.25) is 5.91 Å². The van der Waals surface area contributed by atoms with Gasteiger partial charge in [-0.25, -0.2) is 0 Å². The van der Waals surface area contributed by atoms with Crippen molar-refractivity contribution in [1.29, 1.82) is 0 Å². The second-order valence-electron chi connectivity index (χ2n) is 3.43. The van der Waals surface area contributed by atoms with Crippen molar-refractivity contribution in [2.75, 3.05) is 11.9 Å². The third-order valence-electron chi connectivity index (χ3n) is 2.05. The van der Waals surface area contributed by atoms with Crippen LogP contribution in [-0.2, 0) is 4.79 Å². The van der Waals surface area contributed by atoms with E-state index in [1.54, 1.807) is 37.3 Å². The maximum absolute atomic E-state index is 11.6. The summed E-state index contributed by atoms with van der Waals surface area (Å²) >= 11 is 0. The summed E-state index contributed by atoms with van der Waals surface area (Å²) in [5.74, 6) is -0.352. The molecule has 2 amide bonds. The van der Waals surface area contributed by atoms with Crippen LogP contribution in [0.25, 0.3) is 0 Å². The van der Waals surface area contributed by atoms with E-state index in [4.69, 9.17) is 0 Å². The standard InChI is InChI=1S/C13H16N2O2/c1-3-6-12(16)15-11-8-5-7-10(9-11)13(17)14-4-2/h3,5-9H,4H2,1-2H3,(H,14,17)(H,15,16). The molecule has 0 aliphatic heterocycles. The second kappa shape index (κ2) is 6.48. The van der Waals surface area contributed by atoms with E-state index in [1.165, 1.54) is 6.08 Å².